The van der Waals surface area contributed by atoms with Gasteiger partial charge in [-0.1, -0.05) is 19.9 Å². The van der Waals surface area contributed by atoms with Crippen LogP contribution in [0, 0.1) is 19.8 Å². The number of morpholine rings is 1. The van der Waals surface area contributed by atoms with Crippen LogP contribution in [0.4, 0.5) is 0 Å². The number of sulfonamides is 1. The van der Waals surface area contributed by atoms with E-state index >= 15 is 0 Å². The van der Waals surface area contributed by atoms with Crippen LogP contribution in [0.25, 0.3) is 0 Å². The first-order valence-electron chi connectivity index (χ1n) is 8.68. The second kappa shape index (κ2) is 8.43. The minimum atomic E-state index is -3.48. The summed E-state index contributed by atoms with van der Waals surface area (Å²) in [7, 11) is -3.48. The van der Waals surface area contributed by atoms with Crippen LogP contribution in [0.15, 0.2) is 23.1 Å². The molecule has 0 aliphatic carbocycles. The fraction of sp³-hybridized carbons (Fsp3) is 0.667. The molecule has 0 bridgehead atoms. The SMILES string of the molecule is Cc1ccc(S(=O)(=O)NCC(CC(C)C)N2CCOCC2)cc1C. The van der Waals surface area contributed by atoms with Gasteiger partial charge in [0.05, 0.1) is 18.1 Å². The topological polar surface area (TPSA) is 58.6 Å². The molecule has 2 rings (SSSR count). The molecule has 0 spiro atoms. The molecular formula is C18H30N2O3S. The molecule has 1 aliphatic rings. The Kier molecular flexibility index (Phi) is 6.80. The molecule has 0 amide bonds. The summed E-state index contributed by atoms with van der Waals surface area (Å²) in [5.41, 5.74) is 2.09. The van der Waals surface area contributed by atoms with E-state index in [9.17, 15) is 8.42 Å². The van der Waals surface area contributed by atoms with Crippen molar-refractivity contribution in [3.8, 4) is 0 Å². The molecule has 1 aromatic carbocycles. The molecule has 1 aliphatic heterocycles. The molecule has 1 atom stereocenters. The molecule has 136 valence electrons. The summed E-state index contributed by atoms with van der Waals surface area (Å²) in [6.07, 6.45) is 0.968. The van der Waals surface area contributed by atoms with Crippen molar-refractivity contribution in [1.29, 1.82) is 0 Å². The molecule has 1 unspecified atom stereocenters. The summed E-state index contributed by atoms with van der Waals surface area (Å²) in [5, 5.41) is 0. The zero-order valence-corrected chi connectivity index (χ0v) is 16.0. The van der Waals surface area contributed by atoms with Crippen LogP contribution in [0.2, 0.25) is 0 Å². The van der Waals surface area contributed by atoms with E-state index in [4.69, 9.17) is 4.74 Å². The zero-order valence-electron chi connectivity index (χ0n) is 15.2. The van der Waals surface area contributed by atoms with Crippen LogP contribution in [0.5, 0.6) is 0 Å². The Morgan fingerprint density at radius 3 is 2.42 bits per heavy atom. The Bertz CT molecular complexity index is 638. The van der Waals surface area contributed by atoms with E-state index < -0.39 is 10.0 Å². The van der Waals surface area contributed by atoms with Crippen molar-refractivity contribution in [2.45, 2.75) is 45.1 Å². The molecule has 24 heavy (non-hydrogen) atoms. The van der Waals surface area contributed by atoms with Gasteiger partial charge in [0.25, 0.3) is 0 Å². The van der Waals surface area contributed by atoms with Gasteiger partial charge in [-0.3, -0.25) is 4.90 Å². The number of nitrogens with one attached hydrogen (secondary N) is 1. The number of rotatable bonds is 7. The highest BCUT2D eigenvalue weighted by Gasteiger charge is 2.24. The maximum absolute atomic E-state index is 12.6. The van der Waals surface area contributed by atoms with Crippen molar-refractivity contribution in [2.75, 3.05) is 32.8 Å². The first kappa shape index (κ1) is 19.4. The van der Waals surface area contributed by atoms with Crippen molar-refractivity contribution in [1.82, 2.24) is 9.62 Å². The van der Waals surface area contributed by atoms with E-state index in [0.717, 1.165) is 43.9 Å². The van der Waals surface area contributed by atoms with Gasteiger partial charge in [-0.25, -0.2) is 13.1 Å². The van der Waals surface area contributed by atoms with Crippen molar-refractivity contribution in [3.05, 3.63) is 29.3 Å². The van der Waals surface area contributed by atoms with Crippen molar-refractivity contribution in [3.63, 3.8) is 0 Å². The van der Waals surface area contributed by atoms with Gasteiger partial charge in [0.15, 0.2) is 0 Å². The third kappa shape index (κ3) is 5.28. The lowest BCUT2D eigenvalue weighted by molar-refractivity contribution is 0.0134. The fourth-order valence-electron chi connectivity index (χ4n) is 3.02. The van der Waals surface area contributed by atoms with Gasteiger partial charge in [-0.15, -0.1) is 0 Å². The third-order valence-corrected chi connectivity index (χ3v) is 6.02. The van der Waals surface area contributed by atoms with Crippen LogP contribution in [0.3, 0.4) is 0 Å². The van der Waals surface area contributed by atoms with Crippen molar-refractivity contribution < 1.29 is 13.2 Å². The summed E-state index contributed by atoms with van der Waals surface area (Å²) in [6.45, 7) is 11.9. The molecule has 1 heterocycles. The van der Waals surface area contributed by atoms with Crippen molar-refractivity contribution >= 4 is 10.0 Å². The minimum absolute atomic E-state index is 0.204. The summed E-state index contributed by atoms with van der Waals surface area (Å²) >= 11 is 0. The molecule has 0 radical (unpaired) electrons. The highest BCUT2D eigenvalue weighted by Crippen LogP contribution is 2.17. The molecular weight excluding hydrogens is 324 g/mol. The average Bonchev–Trinajstić information content (AvgIpc) is 2.54. The maximum atomic E-state index is 12.6. The Morgan fingerprint density at radius 1 is 1.17 bits per heavy atom. The number of hydrogen-bond donors (Lipinski definition) is 1. The Labute approximate surface area is 146 Å². The molecule has 1 N–H and O–H groups in total. The van der Waals surface area contributed by atoms with E-state index in [-0.39, 0.29) is 6.04 Å². The highest BCUT2D eigenvalue weighted by atomic mass is 32.2. The zero-order chi connectivity index (χ0) is 17.7. The molecule has 1 fully saturated rings. The standard InChI is InChI=1S/C18H30N2O3S/c1-14(2)11-17(20-7-9-23-10-8-20)13-19-24(21,22)18-6-5-15(3)16(4)12-18/h5-6,12,14,17,19H,7-11,13H2,1-4H3. The lowest BCUT2D eigenvalue weighted by Crippen LogP contribution is -2.49. The lowest BCUT2D eigenvalue weighted by Gasteiger charge is -2.35. The van der Waals surface area contributed by atoms with Crippen LogP contribution >= 0.6 is 0 Å². The van der Waals surface area contributed by atoms with Crippen LogP contribution < -0.4 is 4.72 Å². The van der Waals surface area contributed by atoms with Crippen LogP contribution in [0.1, 0.15) is 31.4 Å². The third-order valence-electron chi connectivity index (χ3n) is 4.60. The fourth-order valence-corrected chi connectivity index (χ4v) is 4.18. The monoisotopic (exact) mass is 354 g/mol. The Morgan fingerprint density at radius 2 is 1.83 bits per heavy atom. The second-order valence-electron chi connectivity index (χ2n) is 7.03. The quantitative estimate of drug-likeness (QED) is 0.816. The number of ether oxygens (including phenoxy) is 1. The molecule has 6 heteroatoms. The number of nitrogens with zero attached hydrogens (tertiary/aromatic N) is 1. The van der Waals surface area contributed by atoms with Crippen LogP contribution in [-0.2, 0) is 14.8 Å². The summed E-state index contributed by atoms with van der Waals surface area (Å²) in [4.78, 5) is 2.68. The highest BCUT2D eigenvalue weighted by molar-refractivity contribution is 7.89. The smallest absolute Gasteiger partial charge is 0.240 e. The molecule has 0 saturated carbocycles. The summed E-state index contributed by atoms with van der Waals surface area (Å²) in [5.74, 6) is 0.518. The van der Waals surface area contributed by atoms with Crippen LogP contribution in [-0.4, -0.2) is 52.2 Å². The Balaban J connectivity index is 2.07. The largest absolute Gasteiger partial charge is 0.379 e. The maximum Gasteiger partial charge on any atom is 0.240 e. The lowest BCUT2D eigenvalue weighted by atomic mass is 10.0. The van der Waals surface area contributed by atoms with Gasteiger partial charge >= 0.3 is 0 Å². The van der Waals surface area contributed by atoms with Gasteiger partial charge in [0.2, 0.25) is 10.0 Å². The van der Waals surface area contributed by atoms with E-state index in [0.29, 0.717) is 17.4 Å². The normalized spacial score (nSPS) is 18.0. The first-order valence-corrected chi connectivity index (χ1v) is 10.2. The van der Waals surface area contributed by atoms with E-state index in [1.54, 1.807) is 12.1 Å². The molecule has 1 aromatic rings. The number of hydrogen-bond acceptors (Lipinski definition) is 4. The van der Waals surface area contributed by atoms with E-state index in [2.05, 4.69) is 23.5 Å². The first-order chi connectivity index (χ1) is 11.3. The van der Waals surface area contributed by atoms with Gasteiger partial charge in [-0.2, -0.15) is 0 Å². The van der Waals surface area contributed by atoms with Gasteiger partial charge in [0, 0.05) is 25.7 Å². The van der Waals surface area contributed by atoms with Gasteiger partial charge in [-0.05, 0) is 49.4 Å². The summed E-state index contributed by atoms with van der Waals surface area (Å²) in [6, 6.07) is 5.48. The van der Waals surface area contributed by atoms with Gasteiger partial charge < -0.3 is 4.74 Å². The Hall–Kier alpha value is -0.950. The number of aryl methyl sites for hydroxylation is 2. The predicted octanol–water partition coefficient (Wildman–Crippen LogP) is 2.33. The minimum Gasteiger partial charge on any atom is -0.379 e. The average molecular weight is 355 g/mol. The number of benzene rings is 1. The molecule has 0 aromatic heterocycles. The predicted molar refractivity (Wildman–Crippen MR) is 96.7 cm³/mol. The second-order valence-corrected chi connectivity index (χ2v) is 8.80. The molecule has 1 saturated heterocycles. The molecule has 5 nitrogen and oxygen atoms in total. The van der Waals surface area contributed by atoms with E-state index in [1.165, 1.54) is 0 Å². The van der Waals surface area contributed by atoms with Gasteiger partial charge in [0.1, 0.15) is 0 Å². The van der Waals surface area contributed by atoms with E-state index in [1.807, 2.05) is 19.9 Å². The summed E-state index contributed by atoms with van der Waals surface area (Å²) < 4.78 is 33.5. The van der Waals surface area contributed by atoms with Crippen molar-refractivity contribution in [2.24, 2.45) is 5.92 Å².